The molecule has 2 fully saturated rings. The third-order valence-electron chi connectivity index (χ3n) is 4.57. The summed E-state index contributed by atoms with van der Waals surface area (Å²) >= 11 is 0. The molecule has 0 saturated carbocycles. The maximum absolute atomic E-state index is 11.9. The van der Waals surface area contributed by atoms with Crippen LogP contribution in [0.3, 0.4) is 0 Å². The maximum atomic E-state index is 11.9. The zero-order valence-corrected chi connectivity index (χ0v) is 12.9. The number of nitrogens with zero attached hydrogens (tertiary/aromatic N) is 4. The molecule has 0 unspecified atom stereocenters. The van der Waals surface area contributed by atoms with Gasteiger partial charge in [-0.3, -0.25) is 4.90 Å². The Labute approximate surface area is 120 Å². The second-order valence-electron chi connectivity index (χ2n) is 6.08. The van der Waals surface area contributed by atoms with Crippen LogP contribution in [0.5, 0.6) is 0 Å². The van der Waals surface area contributed by atoms with Crippen molar-refractivity contribution >= 4 is 10.0 Å². The molecule has 0 N–H and O–H groups in total. The lowest BCUT2D eigenvalue weighted by Gasteiger charge is -2.47. The van der Waals surface area contributed by atoms with E-state index in [9.17, 15) is 8.42 Å². The van der Waals surface area contributed by atoms with Gasteiger partial charge in [0.25, 0.3) is 0 Å². The lowest BCUT2D eigenvalue weighted by molar-refractivity contribution is 0.00412. The average molecular weight is 298 g/mol. The molecule has 0 bridgehead atoms. The average Bonchev–Trinajstić information content (AvgIpc) is 2.97. The summed E-state index contributed by atoms with van der Waals surface area (Å²) in [5.41, 5.74) is 0.188. The Kier molecular flexibility index (Phi) is 3.38. The SMILES string of the molecule is CCS(=O)(=O)N1CCC2(CN(Cc3nccn3C)C2)C1. The number of hydrogen-bond donors (Lipinski definition) is 0. The zero-order chi connectivity index (χ0) is 14.4. The third-order valence-corrected chi connectivity index (χ3v) is 6.39. The van der Waals surface area contributed by atoms with Crippen LogP contribution >= 0.6 is 0 Å². The van der Waals surface area contributed by atoms with Gasteiger partial charge >= 0.3 is 0 Å². The molecular weight excluding hydrogens is 276 g/mol. The van der Waals surface area contributed by atoms with E-state index in [-0.39, 0.29) is 11.2 Å². The molecule has 2 saturated heterocycles. The summed E-state index contributed by atoms with van der Waals surface area (Å²) < 4.78 is 27.5. The van der Waals surface area contributed by atoms with Gasteiger partial charge in [-0.15, -0.1) is 0 Å². The molecule has 6 nitrogen and oxygen atoms in total. The lowest BCUT2D eigenvalue weighted by atomic mass is 9.79. The lowest BCUT2D eigenvalue weighted by Crippen LogP contribution is -2.57. The fourth-order valence-corrected chi connectivity index (χ4v) is 4.54. The van der Waals surface area contributed by atoms with Crippen molar-refractivity contribution in [3.8, 4) is 0 Å². The second-order valence-corrected chi connectivity index (χ2v) is 8.34. The Morgan fingerprint density at radius 1 is 1.35 bits per heavy atom. The van der Waals surface area contributed by atoms with Crippen LogP contribution in [0.2, 0.25) is 0 Å². The van der Waals surface area contributed by atoms with Crippen LogP contribution in [0.15, 0.2) is 12.4 Å². The largest absolute Gasteiger partial charge is 0.337 e. The zero-order valence-electron chi connectivity index (χ0n) is 12.1. The fourth-order valence-electron chi connectivity index (χ4n) is 3.34. The highest BCUT2D eigenvalue weighted by atomic mass is 32.2. The van der Waals surface area contributed by atoms with Crippen molar-refractivity contribution < 1.29 is 8.42 Å². The molecule has 112 valence electrons. The Morgan fingerprint density at radius 2 is 2.10 bits per heavy atom. The molecule has 1 spiro atoms. The molecule has 1 aromatic heterocycles. The van der Waals surface area contributed by atoms with E-state index in [1.54, 1.807) is 11.2 Å². The van der Waals surface area contributed by atoms with E-state index in [2.05, 4.69) is 9.88 Å². The molecule has 0 aliphatic carbocycles. The number of likely N-dealkylation sites (tertiary alicyclic amines) is 1. The highest BCUT2D eigenvalue weighted by Gasteiger charge is 2.49. The minimum atomic E-state index is -3.02. The van der Waals surface area contributed by atoms with Crippen LogP contribution < -0.4 is 0 Å². The van der Waals surface area contributed by atoms with E-state index in [1.165, 1.54) is 0 Å². The number of aromatic nitrogens is 2. The molecule has 7 heteroatoms. The van der Waals surface area contributed by atoms with Crippen molar-refractivity contribution in [1.82, 2.24) is 18.8 Å². The van der Waals surface area contributed by atoms with E-state index < -0.39 is 10.0 Å². The Bertz CT molecular complexity index is 589. The van der Waals surface area contributed by atoms with Gasteiger partial charge in [-0.2, -0.15) is 0 Å². The van der Waals surface area contributed by atoms with Crippen LogP contribution in [-0.2, 0) is 23.6 Å². The van der Waals surface area contributed by atoms with Crippen molar-refractivity contribution in [1.29, 1.82) is 0 Å². The Hall–Kier alpha value is -0.920. The van der Waals surface area contributed by atoms with E-state index in [4.69, 9.17) is 0 Å². The molecule has 1 aromatic rings. The number of aryl methyl sites for hydroxylation is 1. The minimum Gasteiger partial charge on any atom is -0.337 e. The van der Waals surface area contributed by atoms with Gasteiger partial charge in [0, 0.05) is 51.0 Å². The number of rotatable bonds is 4. The molecular formula is C13H22N4O2S. The van der Waals surface area contributed by atoms with Gasteiger partial charge in [-0.25, -0.2) is 17.7 Å². The van der Waals surface area contributed by atoms with Crippen molar-refractivity contribution in [2.45, 2.75) is 19.9 Å². The summed E-state index contributed by atoms with van der Waals surface area (Å²) in [6.45, 7) is 5.91. The van der Waals surface area contributed by atoms with Crippen molar-refractivity contribution in [3.05, 3.63) is 18.2 Å². The molecule has 0 aromatic carbocycles. The molecule has 0 amide bonds. The predicted molar refractivity (Wildman–Crippen MR) is 76.6 cm³/mol. The van der Waals surface area contributed by atoms with E-state index >= 15 is 0 Å². The number of imidazole rings is 1. The maximum Gasteiger partial charge on any atom is 0.213 e. The summed E-state index contributed by atoms with van der Waals surface area (Å²) in [7, 11) is -1.02. The monoisotopic (exact) mass is 298 g/mol. The van der Waals surface area contributed by atoms with Crippen molar-refractivity contribution in [3.63, 3.8) is 0 Å². The van der Waals surface area contributed by atoms with Crippen molar-refractivity contribution in [2.75, 3.05) is 31.9 Å². The van der Waals surface area contributed by atoms with Gasteiger partial charge in [0.1, 0.15) is 5.82 Å². The van der Waals surface area contributed by atoms with Crippen LogP contribution in [0.4, 0.5) is 0 Å². The first kappa shape index (κ1) is 14.0. The first-order valence-corrected chi connectivity index (χ1v) is 8.71. The summed E-state index contributed by atoms with van der Waals surface area (Å²) in [5, 5.41) is 0. The van der Waals surface area contributed by atoms with Crippen LogP contribution in [0.25, 0.3) is 0 Å². The fraction of sp³-hybridized carbons (Fsp3) is 0.769. The standard InChI is InChI=1S/C13H22N4O2S/c1-3-20(18,19)17-6-4-13(11-17)9-16(10-13)8-12-14-5-7-15(12)2/h5,7H,3-4,6,8-11H2,1-2H3. The van der Waals surface area contributed by atoms with Gasteiger partial charge in [0.05, 0.1) is 12.3 Å². The highest BCUT2D eigenvalue weighted by molar-refractivity contribution is 7.89. The van der Waals surface area contributed by atoms with Gasteiger partial charge < -0.3 is 4.57 Å². The van der Waals surface area contributed by atoms with Crippen LogP contribution in [0, 0.1) is 5.41 Å². The summed E-state index contributed by atoms with van der Waals surface area (Å²) in [6.07, 6.45) is 4.76. The summed E-state index contributed by atoms with van der Waals surface area (Å²) in [4.78, 5) is 6.69. The van der Waals surface area contributed by atoms with Gasteiger partial charge in [0.15, 0.2) is 0 Å². The smallest absolute Gasteiger partial charge is 0.213 e. The number of sulfonamides is 1. The van der Waals surface area contributed by atoms with E-state index in [1.807, 2.05) is 24.0 Å². The predicted octanol–water partition coefficient (Wildman–Crippen LogP) is 0.278. The van der Waals surface area contributed by atoms with Gasteiger partial charge in [0.2, 0.25) is 10.0 Å². The minimum absolute atomic E-state index is 0.188. The number of hydrogen-bond acceptors (Lipinski definition) is 4. The van der Waals surface area contributed by atoms with Crippen molar-refractivity contribution in [2.24, 2.45) is 12.5 Å². The van der Waals surface area contributed by atoms with E-state index in [0.29, 0.717) is 13.1 Å². The molecule has 3 rings (SSSR count). The normalized spacial score (nSPS) is 23.3. The molecule has 0 atom stereocenters. The van der Waals surface area contributed by atoms with E-state index in [0.717, 1.165) is 31.9 Å². The molecule has 20 heavy (non-hydrogen) atoms. The molecule has 2 aliphatic rings. The Balaban J connectivity index is 1.57. The third kappa shape index (κ3) is 2.38. The summed E-state index contributed by atoms with van der Waals surface area (Å²) in [5.74, 6) is 1.27. The van der Waals surface area contributed by atoms with Crippen LogP contribution in [-0.4, -0.2) is 59.1 Å². The molecule has 0 radical (unpaired) electrons. The van der Waals surface area contributed by atoms with Crippen LogP contribution in [0.1, 0.15) is 19.2 Å². The second kappa shape index (κ2) is 4.82. The topological polar surface area (TPSA) is 58.4 Å². The molecule has 2 aliphatic heterocycles. The Morgan fingerprint density at radius 3 is 2.70 bits per heavy atom. The summed E-state index contributed by atoms with van der Waals surface area (Å²) in [6, 6.07) is 0. The first-order chi connectivity index (χ1) is 9.44. The first-order valence-electron chi connectivity index (χ1n) is 7.10. The quantitative estimate of drug-likeness (QED) is 0.801. The van der Waals surface area contributed by atoms with Gasteiger partial charge in [-0.1, -0.05) is 0 Å². The van der Waals surface area contributed by atoms with Gasteiger partial charge in [-0.05, 0) is 13.3 Å². The highest BCUT2D eigenvalue weighted by Crippen LogP contribution is 2.40. The molecule has 3 heterocycles.